The van der Waals surface area contributed by atoms with Crippen LogP contribution in [0, 0.1) is 17.0 Å². The second kappa shape index (κ2) is 5.90. The highest BCUT2D eigenvalue weighted by Gasteiger charge is 2.48. The molecular formula is C20H17F2NO3. The number of halogens is 2. The highest BCUT2D eigenvalue weighted by Crippen LogP contribution is 2.45. The van der Waals surface area contributed by atoms with E-state index in [4.69, 9.17) is 5.11 Å². The van der Waals surface area contributed by atoms with E-state index in [0.717, 1.165) is 23.3 Å². The Hall–Kier alpha value is -2.76. The maximum absolute atomic E-state index is 13.5. The lowest BCUT2D eigenvalue weighted by Crippen LogP contribution is -2.38. The molecule has 1 atom stereocenters. The Balaban J connectivity index is 1.61. The molecule has 1 heterocycles. The van der Waals surface area contributed by atoms with Gasteiger partial charge in [-0.2, -0.15) is 0 Å². The number of benzene rings is 2. The molecule has 1 N–H and O–H groups in total. The highest BCUT2D eigenvalue weighted by molar-refractivity contribution is 6.00. The fourth-order valence-electron chi connectivity index (χ4n) is 4.11. The van der Waals surface area contributed by atoms with Crippen molar-refractivity contribution in [2.24, 2.45) is 5.41 Å². The maximum Gasteiger partial charge on any atom is 0.335 e. The third-order valence-corrected chi connectivity index (χ3v) is 5.58. The number of carboxylic acid groups (broad SMARTS) is 1. The third-order valence-electron chi connectivity index (χ3n) is 5.58. The molecule has 1 aliphatic heterocycles. The van der Waals surface area contributed by atoms with Crippen LogP contribution in [0.3, 0.4) is 0 Å². The van der Waals surface area contributed by atoms with Gasteiger partial charge in [0.25, 0.3) is 0 Å². The van der Waals surface area contributed by atoms with Crippen LogP contribution in [-0.4, -0.2) is 23.5 Å². The lowest BCUT2D eigenvalue weighted by Gasteiger charge is -2.33. The van der Waals surface area contributed by atoms with E-state index in [0.29, 0.717) is 37.9 Å². The minimum Gasteiger partial charge on any atom is -0.478 e. The van der Waals surface area contributed by atoms with Crippen LogP contribution in [0.1, 0.15) is 34.3 Å². The van der Waals surface area contributed by atoms with Gasteiger partial charge in [0.05, 0.1) is 11.0 Å². The summed E-state index contributed by atoms with van der Waals surface area (Å²) in [5.74, 6) is -2.94. The first-order valence-corrected chi connectivity index (χ1v) is 8.52. The molecule has 1 spiro atoms. The quantitative estimate of drug-likeness (QED) is 0.894. The SMILES string of the molecule is O=C(O)c1ccc2c(c1)CC[C@]1(CCN(c3ccc(F)c(F)c3)C1=O)C2. The monoisotopic (exact) mass is 357 g/mol. The zero-order valence-electron chi connectivity index (χ0n) is 14.0. The molecular weight excluding hydrogens is 340 g/mol. The van der Waals surface area contributed by atoms with Crippen molar-refractivity contribution >= 4 is 17.6 Å². The smallest absolute Gasteiger partial charge is 0.335 e. The van der Waals surface area contributed by atoms with E-state index >= 15 is 0 Å². The molecule has 0 radical (unpaired) electrons. The molecule has 1 fully saturated rings. The largest absolute Gasteiger partial charge is 0.478 e. The normalized spacial score (nSPS) is 21.9. The Kier molecular flexibility index (Phi) is 3.79. The summed E-state index contributed by atoms with van der Waals surface area (Å²) in [6, 6.07) is 8.54. The van der Waals surface area contributed by atoms with E-state index in [1.807, 2.05) is 0 Å². The summed E-state index contributed by atoms with van der Waals surface area (Å²) < 4.78 is 26.7. The van der Waals surface area contributed by atoms with E-state index in [2.05, 4.69) is 0 Å². The van der Waals surface area contributed by atoms with E-state index < -0.39 is 23.0 Å². The van der Waals surface area contributed by atoms with E-state index in [1.54, 1.807) is 18.2 Å². The molecule has 2 aliphatic rings. The number of carbonyl (C=O) groups excluding carboxylic acids is 1. The van der Waals surface area contributed by atoms with Gasteiger partial charge in [-0.05, 0) is 61.1 Å². The first-order valence-electron chi connectivity index (χ1n) is 8.52. The molecule has 2 aromatic carbocycles. The first kappa shape index (κ1) is 16.7. The van der Waals surface area contributed by atoms with Gasteiger partial charge in [-0.1, -0.05) is 6.07 Å². The summed E-state index contributed by atoms with van der Waals surface area (Å²) in [7, 11) is 0. The number of anilines is 1. The molecule has 2 aromatic rings. The van der Waals surface area contributed by atoms with Gasteiger partial charge in [0.1, 0.15) is 0 Å². The van der Waals surface area contributed by atoms with E-state index in [-0.39, 0.29) is 11.5 Å². The van der Waals surface area contributed by atoms with Crippen molar-refractivity contribution in [1.82, 2.24) is 0 Å². The summed E-state index contributed by atoms with van der Waals surface area (Å²) >= 11 is 0. The van der Waals surface area contributed by atoms with Crippen molar-refractivity contribution in [1.29, 1.82) is 0 Å². The molecule has 0 bridgehead atoms. The molecule has 6 heteroatoms. The minimum atomic E-state index is -0.966. The second-order valence-electron chi connectivity index (χ2n) is 7.05. The highest BCUT2D eigenvalue weighted by atomic mass is 19.2. The average Bonchev–Trinajstić information content (AvgIpc) is 2.93. The lowest BCUT2D eigenvalue weighted by atomic mass is 9.70. The zero-order chi connectivity index (χ0) is 18.5. The number of fused-ring (bicyclic) bond motifs is 1. The number of aryl methyl sites for hydroxylation is 1. The summed E-state index contributed by atoms with van der Waals surface area (Å²) in [4.78, 5) is 25.7. The number of carboxylic acids is 1. The van der Waals surface area contributed by atoms with Gasteiger partial charge in [0.2, 0.25) is 5.91 Å². The average molecular weight is 357 g/mol. The van der Waals surface area contributed by atoms with Gasteiger partial charge in [0.15, 0.2) is 11.6 Å². The Morgan fingerprint density at radius 3 is 2.58 bits per heavy atom. The van der Waals surface area contributed by atoms with Crippen molar-refractivity contribution in [3.63, 3.8) is 0 Å². The molecule has 134 valence electrons. The van der Waals surface area contributed by atoms with E-state index in [1.165, 1.54) is 11.0 Å². The molecule has 4 nitrogen and oxygen atoms in total. The third kappa shape index (κ3) is 2.57. The molecule has 0 saturated carbocycles. The van der Waals surface area contributed by atoms with Crippen LogP contribution in [0.2, 0.25) is 0 Å². The van der Waals surface area contributed by atoms with Gasteiger partial charge in [0, 0.05) is 18.3 Å². The van der Waals surface area contributed by atoms with Crippen molar-refractivity contribution in [3.05, 3.63) is 64.7 Å². The van der Waals surface area contributed by atoms with Gasteiger partial charge >= 0.3 is 5.97 Å². The molecule has 26 heavy (non-hydrogen) atoms. The number of rotatable bonds is 2. The zero-order valence-corrected chi connectivity index (χ0v) is 14.0. The number of hydrogen-bond donors (Lipinski definition) is 1. The predicted octanol–water partition coefficient (Wildman–Crippen LogP) is 3.58. The molecule has 1 amide bonds. The topological polar surface area (TPSA) is 57.6 Å². The van der Waals surface area contributed by atoms with Crippen LogP contribution in [0.5, 0.6) is 0 Å². The van der Waals surface area contributed by atoms with Crippen LogP contribution in [-0.2, 0) is 17.6 Å². The summed E-state index contributed by atoms with van der Waals surface area (Å²) in [5.41, 5.74) is 2.03. The second-order valence-corrected chi connectivity index (χ2v) is 7.05. The van der Waals surface area contributed by atoms with Gasteiger partial charge in [-0.25, -0.2) is 13.6 Å². The molecule has 1 aliphatic carbocycles. The Morgan fingerprint density at radius 2 is 1.85 bits per heavy atom. The van der Waals surface area contributed by atoms with E-state index in [9.17, 15) is 18.4 Å². The summed E-state index contributed by atoms with van der Waals surface area (Å²) in [6.07, 6.45) is 2.45. The van der Waals surface area contributed by atoms with Crippen LogP contribution in [0.25, 0.3) is 0 Å². The first-order chi connectivity index (χ1) is 12.4. The van der Waals surface area contributed by atoms with Gasteiger partial charge < -0.3 is 10.0 Å². The van der Waals surface area contributed by atoms with Crippen molar-refractivity contribution < 1.29 is 23.5 Å². The van der Waals surface area contributed by atoms with Crippen LogP contribution in [0.15, 0.2) is 36.4 Å². The fourth-order valence-corrected chi connectivity index (χ4v) is 4.11. The number of nitrogens with zero attached hydrogens (tertiary/aromatic N) is 1. The van der Waals surface area contributed by atoms with Crippen molar-refractivity contribution in [2.75, 3.05) is 11.4 Å². The number of amides is 1. The van der Waals surface area contributed by atoms with Crippen LogP contribution < -0.4 is 4.90 Å². The Labute approximate surface area is 149 Å². The standard InChI is InChI=1S/C20H17F2NO3/c21-16-4-3-15(10-17(16)22)23-8-7-20(19(23)26)6-5-12-9-13(18(24)25)1-2-14(12)11-20/h1-4,9-10H,5-8,11H2,(H,24,25)/t20-/m0/s1. The molecule has 0 unspecified atom stereocenters. The lowest BCUT2D eigenvalue weighted by molar-refractivity contribution is -0.126. The number of hydrogen-bond acceptors (Lipinski definition) is 2. The number of aromatic carboxylic acids is 1. The molecule has 1 saturated heterocycles. The summed E-state index contributed by atoms with van der Waals surface area (Å²) in [6.45, 7) is 0.465. The van der Waals surface area contributed by atoms with Crippen LogP contribution >= 0.6 is 0 Å². The predicted molar refractivity (Wildman–Crippen MR) is 91.2 cm³/mol. The van der Waals surface area contributed by atoms with Gasteiger partial charge in [-0.15, -0.1) is 0 Å². The van der Waals surface area contributed by atoms with Crippen LogP contribution in [0.4, 0.5) is 14.5 Å². The Morgan fingerprint density at radius 1 is 1.04 bits per heavy atom. The molecule has 4 rings (SSSR count). The minimum absolute atomic E-state index is 0.0727. The van der Waals surface area contributed by atoms with Gasteiger partial charge in [-0.3, -0.25) is 4.79 Å². The molecule has 0 aromatic heterocycles. The maximum atomic E-state index is 13.5. The van der Waals surface area contributed by atoms with Crippen molar-refractivity contribution in [3.8, 4) is 0 Å². The summed E-state index contributed by atoms with van der Waals surface area (Å²) in [5, 5.41) is 9.12. The number of carbonyl (C=O) groups is 2. The van der Waals surface area contributed by atoms with Crippen molar-refractivity contribution in [2.45, 2.75) is 25.7 Å². The fraction of sp³-hybridized carbons (Fsp3) is 0.300. The Bertz CT molecular complexity index is 927.